The minimum absolute atomic E-state index is 0.262. The van der Waals surface area contributed by atoms with E-state index < -0.39 is 11.7 Å². The van der Waals surface area contributed by atoms with Crippen LogP contribution in [0.1, 0.15) is 31.4 Å². The third-order valence-corrected chi connectivity index (χ3v) is 3.07. The average Bonchev–Trinajstić information content (AvgIpc) is 2.75. The Kier molecular flexibility index (Phi) is 2.33. The summed E-state index contributed by atoms with van der Waals surface area (Å²) in [7, 11) is 0. The Bertz CT molecular complexity index is 305. The van der Waals surface area contributed by atoms with Crippen LogP contribution in [-0.4, -0.2) is 15.8 Å². The molecule has 0 unspecified atom stereocenters. The highest BCUT2D eigenvalue weighted by molar-refractivity contribution is 5.18. The van der Waals surface area contributed by atoms with Crippen molar-refractivity contribution in [2.24, 2.45) is 5.92 Å². The summed E-state index contributed by atoms with van der Waals surface area (Å²) in [6.45, 7) is 1.83. The lowest BCUT2D eigenvalue weighted by Gasteiger charge is -2.11. The molecule has 76 valence electrons. The van der Waals surface area contributed by atoms with Crippen molar-refractivity contribution in [3.05, 3.63) is 35.9 Å². The van der Waals surface area contributed by atoms with Gasteiger partial charge in [0.25, 0.3) is 0 Å². The van der Waals surface area contributed by atoms with Crippen LogP contribution < -0.4 is 0 Å². The molecule has 2 nitrogen and oxygen atoms in total. The predicted molar refractivity (Wildman–Crippen MR) is 54.7 cm³/mol. The van der Waals surface area contributed by atoms with Crippen molar-refractivity contribution in [1.82, 2.24) is 0 Å². The van der Waals surface area contributed by atoms with Gasteiger partial charge in [0.15, 0.2) is 0 Å². The first-order valence-corrected chi connectivity index (χ1v) is 5.05. The quantitative estimate of drug-likeness (QED) is 0.767. The van der Waals surface area contributed by atoms with Gasteiger partial charge in [0.1, 0.15) is 0 Å². The van der Waals surface area contributed by atoms with E-state index in [1.54, 1.807) is 0 Å². The van der Waals surface area contributed by atoms with Gasteiger partial charge in [-0.1, -0.05) is 30.3 Å². The first-order chi connectivity index (χ1) is 6.59. The van der Waals surface area contributed by atoms with Gasteiger partial charge in [-0.05, 0) is 31.2 Å². The molecule has 1 saturated carbocycles. The molecule has 1 aliphatic rings. The van der Waals surface area contributed by atoms with Gasteiger partial charge in [-0.3, -0.25) is 0 Å². The van der Waals surface area contributed by atoms with Gasteiger partial charge in [-0.15, -0.1) is 0 Å². The topological polar surface area (TPSA) is 40.5 Å². The fourth-order valence-electron chi connectivity index (χ4n) is 1.86. The van der Waals surface area contributed by atoms with E-state index in [0.29, 0.717) is 6.42 Å². The first kappa shape index (κ1) is 9.69. The van der Waals surface area contributed by atoms with Gasteiger partial charge in [0.2, 0.25) is 0 Å². The van der Waals surface area contributed by atoms with Crippen LogP contribution in [0.25, 0.3) is 0 Å². The van der Waals surface area contributed by atoms with E-state index >= 15 is 0 Å². The van der Waals surface area contributed by atoms with E-state index in [-0.39, 0.29) is 5.92 Å². The van der Waals surface area contributed by atoms with Crippen LogP contribution in [0.15, 0.2) is 30.3 Å². The van der Waals surface area contributed by atoms with Crippen LogP contribution in [0.5, 0.6) is 0 Å². The maximum Gasteiger partial charge on any atom is 0.0793 e. The monoisotopic (exact) mass is 192 g/mol. The van der Waals surface area contributed by atoms with Crippen LogP contribution in [0, 0.1) is 5.92 Å². The van der Waals surface area contributed by atoms with Crippen LogP contribution in [0.2, 0.25) is 0 Å². The SMILES string of the molecule is C[C@@]1(O)C[C@@H]1C[C@@H](O)c1ccccc1. The zero-order valence-corrected chi connectivity index (χ0v) is 8.35. The van der Waals surface area contributed by atoms with Gasteiger partial charge in [0.05, 0.1) is 11.7 Å². The molecular formula is C12H16O2. The summed E-state index contributed by atoms with van der Waals surface area (Å²) in [5, 5.41) is 19.4. The molecule has 3 atom stereocenters. The largest absolute Gasteiger partial charge is 0.390 e. The van der Waals surface area contributed by atoms with Crippen LogP contribution in [0.4, 0.5) is 0 Å². The normalized spacial score (nSPS) is 32.6. The molecule has 14 heavy (non-hydrogen) atoms. The lowest BCUT2D eigenvalue weighted by Crippen LogP contribution is -2.07. The Balaban J connectivity index is 1.94. The van der Waals surface area contributed by atoms with Crippen LogP contribution >= 0.6 is 0 Å². The van der Waals surface area contributed by atoms with Gasteiger partial charge in [-0.25, -0.2) is 0 Å². The average molecular weight is 192 g/mol. The van der Waals surface area contributed by atoms with Crippen molar-refractivity contribution in [3.63, 3.8) is 0 Å². The molecule has 2 rings (SSSR count). The fourth-order valence-corrected chi connectivity index (χ4v) is 1.86. The van der Waals surface area contributed by atoms with Gasteiger partial charge >= 0.3 is 0 Å². The maximum atomic E-state index is 9.85. The molecular weight excluding hydrogens is 176 g/mol. The predicted octanol–water partition coefficient (Wildman–Crippen LogP) is 1.88. The summed E-state index contributed by atoms with van der Waals surface area (Å²) in [5.41, 5.74) is 0.408. The summed E-state index contributed by atoms with van der Waals surface area (Å²) in [6.07, 6.45) is 1.05. The van der Waals surface area contributed by atoms with Crippen molar-refractivity contribution in [2.75, 3.05) is 0 Å². The molecule has 1 fully saturated rings. The highest BCUT2D eigenvalue weighted by Gasteiger charge is 2.48. The minimum Gasteiger partial charge on any atom is -0.390 e. The van der Waals surface area contributed by atoms with E-state index in [4.69, 9.17) is 0 Å². The summed E-state index contributed by atoms with van der Waals surface area (Å²) < 4.78 is 0. The maximum absolute atomic E-state index is 9.85. The number of aliphatic hydroxyl groups is 2. The van der Waals surface area contributed by atoms with Gasteiger partial charge in [-0.2, -0.15) is 0 Å². The molecule has 0 bridgehead atoms. The number of hydrogen-bond donors (Lipinski definition) is 2. The molecule has 0 amide bonds. The van der Waals surface area contributed by atoms with E-state index in [1.807, 2.05) is 37.3 Å². The second-order valence-electron chi connectivity index (χ2n) is 4.42. The molecule has 0 heterocycles. The molecule has 0 aromatic heterocycles. The van der Waals surface area contributed by atoms with E-state index in [9.17, 15) is 10.2 Å². The zero-order valence-electron chi connectivity index (χ0n) is 8.35. The van der Waals surface area contributed by atoms with Crippen molar-refractivity contribution >= 4 is 0 Å². The minimum atomic E-state index is -0.532. The van der Waals surface area contributed by atoms with E-state index in [0.717, 1.165) is 12.0 Å². The third kappa shape index (κ3) is 1.97. The Morgan fingerprint density at radius 1 is 1.43 bits per heavy atom. The number of hydrogen-bond acceptors (Lipinski definition) is 2. The number of aliphatic hydroxyl groups excluding tert-OH is 1. The lowest BCUT2D eigenvalue weighted by atomic mass is 10.0. The summed E-state index contributed by atoms with van der Waals surface area (Å²) in [4.78, 5) is 0. The van der Waals surface area contributed by atoms with Crippen molar-refractivity contribution < 1.29 is 10.2 Å². The Labute approximate surface area is 84.2 Å². The molecule has 0 radical (unpaired) electrons. The van der Waals surface area contributed by atoms with E-state index in [2.05, 4.69) is 0 Å². The summed E-state index contributed by atoms with van der Waals surface area (Å²) in [6, 6.07) is 9.61. The standard InChI is InChI=1S/C12H16O2/c1-12(14)8-10(12)7-11(13)9-5-3-2-4-6-9/h2-6,10-11,13-14H,7-8H2,1H3/t10-,11+,12+/m0/s1. The van der Waals surface area contributed by atoms with Crippen molar-refractivity contribution in [3.8, 4) is 0 Å². The molecule has 0 saturated heterocycles. The van der Waals surface area contributed by atoms with Crippen LogP contribution in [-0.2, 0) is 0 Å². The summed E-state index contributed by atoms with van der Waals surface area (Å²) >= 11 is 0. The molecule has 0 spiro atoms. The Morgan fingerprint density at radius 3 is 2.50 bits per heavy atom. The number of benzene rings is 1. The van der Waals surface area contributed by atoms with Crippen molar-refractivity contribution in [1.29, 1.82) is 0 Å². The molecule has 1 aliphatic carbocycles. The zero-order chi connectivity index (χ0) is 10.2. The second-order valence-corrected chi connectivity index (χ2v) is 4.42. The fraction of sp³-hybridized carbons (Fsp3) is 0.500. The smallest absolute Gasteiger partial charge is 0.0793 e. The molecule has 0 aliphatic heterocycles. The van der Waals surface area contributed by atoms with Gasteiger partial charge in [0, 0.05) is 0 Å². The lowest BCUT2D eigenvalue weighted by molar-refractivity contribution is 0.114. The highest BCUT2D eigenvalue weighted by Crippen LogP contribution is 2.47. The van der Waals surface area contributed by atoms with Crippen molar-refractivity contribution in [2.45, 2.75) is 31.5 Å². The summed E-state index contributed by atoms with van der Waals surface area (Å²) in [5.74, 6) is 0.262. The molecule has 2 N–H and O–H groups in total. The molecule has 2 heteroatoms. The molecule has 1 aromatic rings. The molecule has 1 aromatic carbocycles. The first-order valence-electron chi connectivity index (χ1n) is 5.05. The number of rotatable bonds is 3. The Morgan fingerprint density at radius 2 is 2.00 bits per heavy atom. The Hall–Kier alpha value is -0.860. The van der Waals surface area contributed by atoms with Gasteiger partial charge < -0.3 is 10.2 Å². The highest BCUT2D eigenvalue weighted by atomic mass is 16.3. The third-order valence-electron chi connectivity index (χ3n) is 3.07. The second kappa shape index (κ2) is 3.37. The van der Waals surface area contributed by atoms with E-state index in [1.165, 1.54) is 0 Å². The van der Waals surface area contributed by atoms with Crippen LogP contribution in [0.3, 0.4) is 0 Å².